The number of amides is 2. The third kappa shape index (κ3) is 5.14. The number of hydrogen-bond acceptors (Lipinski definition) is 5. The summed E-state index contributed by atoms with van der Waals surface area (Å²) in [5, 5.41) is 3.18. The minimum atomic E-state index is -4.38. The summed E-state index contributed by atoms with van der Waals surface area (Å²) in [6, 6.07) is 6.24. The molecule has 192 valence electrons. The second-order valence-electron chi connectivity index (χ2n) is 9.21. The molecule has 2 aromatic heterocycles. The molecule has 2 aliphatic rings. The predicted molar refractivity (Wildman–Crippen MR) is 131 cm³/mol. The Labute approximate surface area is 208 Å². The van der Waals surface area contributed by atoms with Crippen molar-refractivity contribution < 1.29 is 18.0 Å². The molecule has 0 unspecified atom stereocenters. The fourth-order valence-corrected chi connectivity index (χ4v) is 4.03. The van der Waals surface area contributed by atoms with Crippen LogP contribution in [0.3, 0.4) is 0 Å². The Morgan fingerprint density at radius 1 is 1.11 bits per heavy atom. The summed E-state index contributed by atoms with van der Waals surface area (Å²) in [4.78, 5) is 29.2. The third-order valence-corrected chi connectivity index (χ3v) is 6.31. The molecule has 3 aromatic rings. The van der Waals surface area contributed by atoms with Crippen LogP contribution in [0.15, 0.2) is 49.1 Å². The first-order valence-corrected chi connectivity index (χ1v) is 11.9. The molecule has 1 aliphatic carbocycles. The maximum Gasteiger partial charge on any atom is 0.416 e. The number of urea groups is 1. The fourth-order valence-electron chi connectivity index (χ4n) is 4.03. The van der Waals surface area contributed by atoms with Gasteiger partial charge in [-0.05, 0) is 50.1 Å². The molecular weight excluding hydrogens is 471 g/mol. The van der Waals surface area contributed by atoms with Crippen LogP contribution in [-0.4, -0.2) is 49.6 Å². The van der Waals surface area contributed by atoms with Gasteiger partial charge in [0.05, 0.1) is 35.7 Å². The first-order chi connectivity index (χ1) is 17.1. The number of likely N-dealkylation sites (N-methyl/N-ethyl adjacent to an activating group) is 1. The van der Waals surface area contributed by atoms with E-state index in [2.05, 4.69) is 34.1 Å². The Balaban J connectivity index is 0.000000967. The first-order valence-electron chi connectivity index (χ1n) is 11.9. The molecule has 1 spiro atoms. The third-order valence-electron chi connectivity index (χ3n) is 6.31. The highest BCUT2D eigenvalue weighted by Gasteiger charge is 2.56. The number of carbonyl (C=O) groups is 1. The zero-order chi connectivity index (χ0) is 26.1. The molecule has 1 aliphatic heterocycles. The van der Waals surface area contributed by atoms with Crippen molar-refractivity contribution in [2.24, 2.45) is 0 Å². The number of aromatic nitrogens is 4. The topological polar surface area (TPSA) is 79.2 Å². The van der Waals surface area contributed by atoms with Gasteiger partial charge in [-0.3, -0.25) is 4.90 Å². The molecule has 5 rings (SSSR count). The van der Waals surface area contributed by atoms with E-state index in [1.54, 1.807) is 39.2 Å². The quantitative estimate of drug-likeness (QED) is 0.487. The predicted octanol–water partition coefficient (Wildman–Crippen LogP) is 5.67. The first kappa shape index (κ1) is 25.5. The van der Waals surface area contributed by atoms with Crippen molar-refractivity contribution in [3.05, 3.63) is 60.3 Å². The second-order valence-corrected chi connectivity index (χ2v) is 9.21. The van der Waals surface area contributed by atoms with Crippen LogP contribution in [0.5, 0.6) is 0 Å². The molecule has 1 N–H and O–H groups in total. The summed E-state index contributed by atoms with van der Waals surface area (Å²) in [5.74, 6) is 0.895. The van der Waals surface area contributed by atoms with Gasteiger partial charge < -0.3 is 14.8 Å². The van der Waals surface area contributed by atoms with Crippen molar-refractivity contribution in [2.45, 2.75) is 57.8 Å². The monoisotopic (exact) mass is 501 g/mol. The highest BCUT2D eigenvalue weighted by atomic mass is 19.4. The number of anilines is 2. The van der Waals surface area contributed by atoms with E-state index in [4.69, 9.17) is 0 Å². The van der Waals surface area contributed by atoms with Gasteiger partial charge in [-0.2, -0.15) is 18.2 Å². The smallest absolute Gasteiger partial charge is 0.346 e. The minimum Gasteiger partial charge on any atom is -0.346 e. The van der Waals surface area contributed by atoms with Gasteiger partial charge in [0.15, 0.2) is 0 Å². The molecule has 3 heterocycles. The SMILES string of the molecule is CCC.C[C@H](Nc1nccc(N2CC3(CC3)N(C)C2=O)n1)c1cn(-c2ccc(C(F)(F)F)cc2)cn1. The lowest BCUT2D eigenvalue weighted by atomic mass is 10.2. The van der Waals surface area contributed by atoms with Gasteiger partial charge >= 0.3 is 12.2 Å². The number of imidazole rings is 1. The molecule has 1 saturated carbocycles. The van der Waals surface area contributed by atoms with Crippen molar-refractivity contribution >= 4 is 17.8 Å². The summed E-state index contributed by atoms with van der Waals surface area (Å²) in [6.07, 6.45) is 3.76. The van der Waals surface area contributed by atoms with Crippen LogP contribution < -0.4 is 10.2 Å². The van der Waals surface area contributed by atoms with Crippen molar-refractivity contribution in [1.29, 1.82) is 0 Å². The largest absolute Gasteiger partial charge is 0.416 e. The van der Waals surface area contributed by atoms with Crippen molar-refractivity contribution in [2.75, 3.05) is 23.8 Å². The Kier molecular flexibility index (Phi) is 6.92. The number of halogens is 3. The van der Waals surface area contributed by atoms with E-state index in [0.29, 0.717) is 29.7 Å². The van der Waals surface area contributed by atoms with E-state index in [-0.39, 0.29) is 17.6 Å². The van der Waals surface area contributed by atoms with E-state index in [0.717, 1.165) is 25.0 Å². The lowest BCUT2D eigenvalue weighted by Gasteiger charge is -2.17. The number of nitrogens with zero attached hydrogens (tertiary/aromatic N) is 6. The van der Waals surface area contributed by atoms with E-state index in [9.17, 15) is 18.0 Å². The van der Waals surface area contributed by atoms with Crippen LogP contribution in [-0.2, 0) is 6.18 Å². The Hall–Kier alpha value is -3.63. The number of benzene rings is 1. The van der Waals surface area contributed by atoms with E-state index < -0.39 is 11.7 Å². The maximum atomic E-state index is 12.8. The number of hydrogen-bond donors (Lipinski definition) is 1. The Bertz CT molecular complexity index is 1200. The number of alkyl halides is 3. The van der Waals surface area contributed by atoms with Crippen LogP contribution in [0.2, 0.25) is 0 Å². The summed E-state index contributed by atoms with van der Waals surface area (Å²) < 4.78 is 40.0. The van der Waals surface area contributed by atoms with Crippen LogP contribution >= 0.6 is 0 Å². The van der Waals surface area contributed by atoms with Crippen LogP contribution in [0.1, 0.15) is 57.3 Å². The standard InChI is InChI=1S/C22H22F3N7O.C3H8/c1-14(17-11-31(13-27-17)16-5-3-15(4-6-16)22(23,24)25)28-19-26-10-7-18(29-19)32-12-21(8-9-21)30(2)20(32)33;1-3-2/h3-7,10-11,13-14H,8-9,12H2,1-2H3,(H,26,28,29);3H2,1-2H3/t14-;/m0./s1. The second kappa shape index (κ2) is 9.79. The zero-order valence-electron chi connectivity index (χ0n) is 20.8. The molecular formula is C25H30F3N7O. The van der Waals surface area contributed by atoms with Gasteiger partial charge in [0.1, 0.15) is 5.82 Å². The van der Waals surface area contributed by atoms with Gasteiger partial charge in [-0.25, -0.2) is 14.8 Å². The van der Waals surface area contributed by atoms with Crippen molar-refractivity contribution in [3.8, 4) is 5.69 Å². The molecule has 11 heteroatoms. The van der Waals surface area contributed by atoms with E-state index in [1.807, 2.05) is 14.0 Å². The molecule has 1 aromatic carbocycles. The lowest BCUT2D eigenvalue weighted by molar-refractivity contribution is -0.137. The molecule has 8 nitrogen and oxygen atoms in total. The molecule has 2 amide bonds. The molecule has 1 atom stereocenters. The number of rotatable bonds is 5. The molecule has 0 radical (unpaired) electrons. The van der Waals surface area contributed by atoms with E-state index in [1.165, 1.54) is 18.6 Å². The molecule has 36 heavy (non-hydrogen) atoms. The summed E-state index contributed by atoms with van der Waals surface area (Å²) >= 11 is 0. The highest BCUT2D eigenvalue weighted by Crippen LogP contribution is 2.46. The number of nitrogens with one attached hydrogen (secondary N) is 1. The lowest BCUT2D eigenvalue weighted by Crippen LogP contribution is -2.32. The summed E-state index contributed by atoms with van der Waals surface area (Å²) in [5.41, 5.74) is 0.471. The Morgan fingerprint density at radius 2 is 1.78 bits per heavy atom. The van der Waals surface area contributed by atoms with Crippen molar-refractivity contribution in [3.63, 3.8) is 0 Å². The summed E-state index contributed by atoms with van der Waals surface area (Å²) in [7, 11) is 1.82. The van der Waals surface area contributed by atoms with Gasteiger partial charge in [0.25, 0.3) is 0 Å². The zero-order valence-corrected chi connectivity index (χ0v) is 20.8. The van der Waals surface area contributed by atoms with Crippen LogP contribution in [0.4, 0.5) is 29.7 Å². The fraction of sp³-hybridized carbons (Fsp3) is 0.440. The highest BCUT2D eigenvalue weighted by molar-refractivity contribution is 5.94. The van der Waals surface area contributed by atoms with Crippen molar-refractivity contribution in [1.82, 2.24) is 24.4 Å². The van der Waals surface area contributed by atoms with Gasteiger partial charge in [0.2, 0.25) is 5.95 Å². The molecule has 0 bridgehead atoms. The van der Waals surface area contributed by atoms with Crippen LogP contribution in [0.25, 0.3) is 5.69 Å². The average molecular weight is 502 g/mol. The van der Waals surface area contributed by atoms with Gasteiger partial charge in [-0.1, -0.05) is 20.3 Å². The summed E-state index contributed by atoms with van der Waals surface area (Å²) in [6.45, 7) is 6.75. The van der Waals surface area contributed by atoms with Gasteiger partial charge in [0, 0.05) is 25.1 Å². The minimum absolute atomic E-state index is 0.0615. The molecule has 1 saturated heterocycles. The normalized spacial score (nSPS) is 17.1. The molecule has 2 fully saturated rings. The Morgan fingerprint density at radius 3 is 2.36 bits per heavy atom. The van der Waals surface area contributed by atoms with Crippen LogP contribution in [0, 0.1) is 0 Å². The van der Waals surface area contributed by atoms with Gasteiger partial charge in [-0.15, -0.1) is 0 Å². The maximum absolute atomic E-state index is 12.8. The average Bonchev–Trinajstić information content (AvgIpc) is 3.38. The van der Waals surface area contributed by atoms with E-state index >= 15 is 0 Å². The number of carbonyl (C=O) groups excluding carboxylic acids is 1.